The fourth-order valence-corrected chi connectivity index (χ4v) is 3.08. The summed E-state index contributed by atoms with van der Waals surface area (Å²) in [4.78, 5) is 4.81. The minimum absolute atomic E-state index is 0.273. The molecule has 1 aromatic carbocycles. The van der Waals surface area contributed by atoms with Gasteiger partial charge in [0.2, 0.25) is 0 Å². The monoisotopic (exact) mass is 287 g/mol. The first-order chi connectivity index (χ1) is 10.1. The van der Waals surface area contributed by atoms with E-state index in [0.717, 1.165) is 50.3 Å². The molecule has 1 saturated heterocycles. The molecule has 4 heteroatoms. The first kappa shape index (κ1) is 16.0. The standard InChI is InChI=1S/C17H25N3O/c1-3-17-13-19(8-9-20(17)11-14(2)21)12-16-7-5-4-6-15(16)10-18/h4-7,14,17,21H,3,8-9,11-13H2,1-2H3/t14-,17+/m1/s1. The van der Waals surface area contributed by atoms with Crippen LogP contribution in [0, 0.1) is 11.3 Å². The topological polar surface area (TPSA) is 50.5 Å². The highest BCUT2D eigenvalue weighted by molar-refractivity contribution is 5.37. The van der Waals surface area contributed by atoms with Gasteiger partial charge in [-0.2, -0.15) is 5.26 Å². The average Bonchev–Trinajstić information content (AvgIpc) is 2.49. The van der Waals surface area contributed by atoms with Gasteiger partial charge < -0.3 is 5.11 Å². The van der Waals surface area contributed by atoms with Crippen LogP contribution in [0.5, 0.6) is 0 Å². The van der Waals surface area contributed by atoms with Crippen LogP contribution in [-0.4, -0.2) is 53.2 Å². The molecule has 2 rings (SSSR count). The number of β-amino-alcohol motifs (C(OH)–C–C–N with tert-alkyl or cyclic N) is 1. The van der Waals surface area contributed by atoms with Gasteiger partial charge in [-0.15, -0.1) is 0 Å². The maximum Gasteiger partial charge on any atom is 0.0995 e. The summed E-state index contributed by atoms with van der Waals surface area (Å²) >= 11 is 0. The van der Waals surface area contributed by atoms with Crippen molar-refractivity contribution in [3.63, 3.8) is 0 Å². The van der Waals surface area contributed by atoms with Crippen molar-refractivity contribution in [1.82, 2.24) is 9.80 Å². The number of hydrogen-bond donors (Lipinski definition) is 1. The van der Waals surface area contributed by atoms with E-state index < -0.39 is 0 Å². The molecular formula is C17H25N3O. The number of piperazine rings is 1. The van der Waals surface area contributed by atoms with Gasteiger partial charge in [-0.25, -0.2) is 0 Å². The van der Waals surface area contributed by atoms with E-state index in [-0.39, 0.29) is 6.10 Å². The number of aliphatic hydroxyl groups excluding tert-OH is 1. The van der Waals surface area contributed by atoms with E-state index in [1.54, 1.807) is 0 Å². The molecule has 1 aliphatic heterocycles. The predicted octanol–water partition coefficient (Wildman–Crippen LogP) is 1.84. The number of benzene rings is 1. The van der Waals surface area contributed by atoms with Gasteiger partial charge in [0.1, 0.15) is 0 Å². The SMILES string of the molecule is CC[C@H]1CN(Cc2ccccc2C#N)CCN1C[C@@H](C)O. The van der Waals surface area contributed by atoms with E-state index in [0.29, 0.717) is 6.04 Å². The van der Waals surface area contributed by atoms with E-state index in [2.05, 4.69) is 22.8 Å². The number of rotatable bonds is 5. The second-order valence-electron chi connectivity index (χ2n) is 5.91. The second kappa shape index (κ2) is 7.56. The first-order valence-corrected chi connectivity index (χ1v) is 7.76. The Hall–Kier alpha value is -1.41. The quantitative estimate of drug-likeness (QED) is 0.898. The lowest BCUT2D eigenvalue weighted by Crippen LogP contribution is -2.54. The van der Waals surface area contributed by atoms with Crippen molar-refractivity contribution in [3.05, 3.63) is 35.4 Å². The molecule has 1 N–H and O–H groups in total. The van der Waals surface area contributed by atoms with E-state index in [4.69, 9.17) is 0 Å². The molecule has 1 aromatic rings. The Morgan fingerprint density at radius 1 is 1.38 bits per heavy atom. The Morgan fingerprint density at radius 3 is 2.81 bits per heavy atom. The van der Waals surface area contributed by atoms with Crippen LogP contribution in [0.1, 0.15) is 31.4 Å². The Labute approximate surface area is 127 Å². The van der Waals surface area contributed by atoms with Crippen LogP contribution < -0.4 is 0 Å². The molecule has 114 valence electrons. The molecule has 0 aromatic heterocycles. The molecule has 0 unspecified atom stereocenters. The van der Waals surface area contributed by atoms with Crippen molar-refractivity contribution in [2.24, 2.45) is 0 Å². The van der Waals surface area contributed by atoms with Crippen LogP contribution in [0.3, 0.4) is 0 Å². The van der Waals surface area contributed by atoms with E-state index in [1.807, 2.05) is 31.2 Å². The fraction of sp³-hybridized carbons (Fsp3) is 0.588. The van der Waals surface area contributed by atoms with Gasteiger partial charge in [-0.1, -0.05) is 25.1 Å². The van der Waals surface area contributed by atoms with Crippen molar-refractivity contribution in [2.45, 2.75) is 39.0 Å². The summed E-state index contributed by atoms with van der Waals surface area (Å²) in [5, 5.41) is 18.8. The molecule has 1 aliphatic rings. The molecular weight excluding hydrogens is 262 g/mol. The van der Waals surface area contributed by atoms with Gasteiger partial charge >= 0.3 is 0 Å². The van der Waals surface area contributed by atoms with Crippen molar-refractivity contribution < 1.29 is 5.11 Å². The summed E-state index contributed by atoms with van der Waals surface area (Å²) in [5.41, 5.74) is 1.88. The third-order valence-corrected chi connectivity index (χ3v) is 4.19. The van der Waals surface area contributed by atoms with Gasteiger partial charge in [0, 0.05) is 38.8 Å². The van der Waals surface area contributed by atoms with Crippen LogP contribution in [0.4, 0.5) is 0 Å². The molecule has 0 bridgehead atoms. The van der Waals surface area contributed by atoms with E-state index >= 15 is 0 Å². The largest absolute Gasteiger partial charge is 0.392 e. The van der Waals surface area contributed by atoms with E-state index in [9.17, 15) is 10.4 Å². The molecule has 2 atom stereocenters. The number of hydrogen-bond acceptors (Lipinski definition) is 4. The molecule has 1 fully saturated rings. The summed E-state index contributed by atoms with van der Waals surface area (Å²) in [5.74, 6) is 0. The molecule has 4 nitrogen and oxygen atoms in total. The van der Waals surface area contributed by atoms with Crippen LogP contribution >= 0.6 is 0 Å². The highest BCUT2D eigenvalue weighted by Crippen LogP contribution is 2.17. The Kier molecular flexibility index (Phi) is 5.75. The Bertz CT molecular complexity index is 495. The normalized spacial score (nSPS) is 21.9. The minimum atomic E-state index is -0.273. The van der Waals surface area contributed by atoms with Gasteiger partial charge in [0.25, 0.3) is 0 Å². The molecule has 21 heavy (non-hydrogen) atoms. The van der Waals surface area contributed by atoms with Crippen molar-refractivity contribution in [1.29, 1.82) is 5.26 Å². The average molecular weight is 287 g/mol. The summed E-state index contributed by atoms with van der Waals surface area (Å²) in [7, 11) is 0. The highest BCUT2D eigenvalue weighted by Gasteiger charge is 2.26. The summed E-state index contributed by atoms with van der Waals surface area (Å²) in [6.45, 7) is 8.61. The Morgan fingerprint density at radius 2 is 2.14 bits per heavy atom. The van der Waals surface area contributed by atoms with Crippen LogP contribution in [0.15, 0.2) is 24.3 Å². The summed E-state index contributed by atoms with van der Waals surface area (Å²) in [6, 6.07) is 10.6. The fourth-order valence-electron chi connectivity index (χ4n) is 3.08. The van der Waals surface area contributed by atoms with E-state index in [1.165, 1.54) is 0 Å². The van der Waals surface area contributed by atoms with Gasteiger partial charge in [-0.05, 0) is 25.0 Å². The van der Waals surface area contributed by atoms with Crippen LogP contribution in [0.2, 0.25) is 0 Å². The summed E-state index contributed by atoms with van der Waals surface area (Å²) < 4.78 is 0. The third-order valence-electron chi connectivity index (χ3n) is 4.19. The maximum atomic E-state index is 9.60. The van der Waals surface area contributed by atoms with Crippen molar-refractivity contribution in [3.8, 4) is 6.07 Å². The van der Waals surface area contributed by atoms with Gasteiger partial charge in [0.05, 0.1) is 17.7 Å². The molecule has 0 saturated carbocycles. The van der Waals surface area contributed by atoms with Crippen molar-refractivity contribution >= 4 is 0 Å². The zero-order valence-corrected chi connectivity index (χ0v) is 13.0. The predicted molar refractivity (Wildman–Crippen MR) is 83.8 cm³/mol. The first-order valence-electron chi connectivity index (χ1n) is 7.76. The van der Waals surface area contributed by atoms with Gasteiger partial charge in [0.15, 0.2) is 0 Å². The molecule has 0 amide bonds. The number of aliphatic hydroxyl groups is 1. The molecule has 0 aliphatic carbocycles. The number of nitrogens with zero attached hydrogens (tertiary/aromatic N) is 3. The molecule has 0 radical (unpaired) electrons. The Balaban J connectivity index is 1.99. The van der Waals surface area contributed by atoms with Crippen LogP contribution in [0.25, 0.3) is 0 Å². The third kappa shape index (κ3) is 4.28. The highest BCUT2D eigenvalue weighted by atomic mass is 16.3. The summed E-state index contributed by atoms with van der Waals surface area (Å²) in [6.07, 6.45) is 0.813. The molecule has 1 heterocycles. The number of nitriles is 1. The lowest BCUT2D eigenvalue weighted by Gasteiger charge is -2.41. The zero-order chi connectivity index (χ0) is 15.2. The minimum Gasteiger partial charge on any atom is -0.392 e. The lowest BCUT2D eigenvalue weighted by atomic mass is 10.1. The maximum absolute atomic E-state index is 9.60. The van der Waals surface area contributed by atoms with Crippen LogP contribution in [-0.2, 0) is 6.54 Å². The van der Waals surface area contributed by atoms with Gasteiger partial charge in [-0.3, -0.25) is 9.80 Å². The smallest absolute Gasteiger partial charge is 0.0995 e. The lowest BCUT2D eigenvalue weighted by molar-refractivity contribution is 0.0337. The molecule has 0 spiro atoms. The second-order valence-corrected chi connectivity index (χ2v) is 5.91. The zero-order valence-electron chi connectivity index (χ0n) is 13.0. The van der Waals surface area contributed by atoms with Crippen molar-refractivity contribution in [2.75, 3.05) is 26.2 Å².